The second-order valence-electron chi connectivity index (χ2n) is 9.06. The van der Waals surface area contributed by atoms with Gasteiger partial charge in [0.05, 0.1) is 5.60 Å². The van der Waals surface area contributed by atoms with Gasteiger partial charge in [0.2, 0.25) is 0 Å². The number of carbonyl (C=O) groups excluding carboxylic acids is 1. The summed E-state index contributed by atoms with van der Waals surface area (Å²) in [5.74, 6) is 0.576. The molecule has 4 heteroatoms. The Balaban J connectivity index is 1.35. The number of likely N-dealkylation sites (tertiary alicyclic amines) is 1. The molecule has 2 heterocycles. The molecule has 0 bridgehead atoms. The standard InChI is InChI=1S/C26H32N2O2/c1-20(18-28-19-24(21(2)29)23-10-6-7-11-25(23)28)17-27-14-12-26(30,13-15-27)16-22-8-4-3-5-9-22/h3-11,19-20,30H,12-18H2,1-2H3. The molecule has 4 rings (SSSR count). The molecule has 1 saturated heterocycles. The van der Waals surface area contributed by atoms with Gasteiger partial charge in [0, 0.05) is 55.3 Å². The Morgan fingerprint density at radius 2 is 1.70 bits per heavy atom. The van der Waals surface area contributed by atoms with Crippen molar-refractivity contribution in [2.24, 2.45) is 5.92 Å². The molecule has 4 nitrogen and oxygen atoms in total. The highest BCUT2D eigenvalue weighted by Crippen LogP contribution is 2.27. The lowest BCUT2D eigenvalue weighted by molar-refractivity contribution is -0.0235. The smallest absolute Gasteiger partial charge is 0.161 e. The van der Waals surface area contributed by atoms with Crippen molar-refractivity contribution in [1.29, 1.82) is 0 Å². The fraction of sp³-hybridized carbons (Fsp3) is 0.423. The highest BCUT2D eigenvalue weighted by atomic mass is 16.3. The van der Waals surface area contributed by atoms with E-state index in [1.54, 1.807) is 6.92 Å². The van der Waals surface area contributed by atoms with E-state index in [-0.39, 0.29) is 5.78 Å². The van der Waals surface area contributed by atoms with Crippen LogP contribution in [0.5, 0.6) is 0 Å². The van der Waals surface area contributed by atoms with Gasteiger partial charge in [0.1, 0.15) is 0 Å². The molecule has 0 aliphatic carbocycles. The Kier molecular flexibility index (Phi) is 6.07. The minimum absolute atomic E-state index is 0.117. The van der Waals surface area contributed by atoms with Crippen molar-refractivity contribution in [2.75, 3.05) is 19.6 Å². The highest BCUT2D eigenvalue weighted by Gasteiger charge is 2.32. The van der Waals surface area contributed by atoms with Crippen molar-refractivity contribution < 1.29 is 9.90 Å². The molecule has 1 aromatic heterocycles. The van der Waals surface area contributed by atoms with Crippen LogP contribution < -0.4 is 0 Å². The second kappa shape index (κ2) is 8.75. The summed E-state index contributed by atoms with van der Waals surface area (Å²) in [6.07, 6.45) is 4.38. The lowest BCUT2D eigenvalue weighted by atomic mass is 9.85. The minimum Gasteiger partial charge on any atom is -0.389 e. The lowest BCUT2D eigenvalue weighted by Gasteiger charge is -2.39. The Morgan fingerprint density at radius 3 is 2.40 bits per heavy atom. The molecule has 0 amide bonds. The van der Waals surface area contributed by atoms with Gasteiger partial charge < -0.3 is 14.6 Å². The molecule has 0 saturated carbocycles. The number of hydrogen-bond acceptors (Lipinski definition) is 3. The summed E-state index contributed by atoms with van der Waals surface area (Å²) >= 11 is 0. The van der Waals surface area contributed by atoms with Crippen molar-refractivity contribution in [2.45, 2.75) is 45.3 Å². The van der Waals surface area contributed by atoms with Gasteiger partial charge in [-0.1, -0.05) is 55.5 Å². The normalized spacial score (nSPS) is 17.8. The first-order valence-electron chi connectivity index (χ1n) is 11.0. The molecular formula is C26H32N2O2. The van der Waals surface area contributed by atoms with Crippen LogP contribution in [0.4, 0.5) is 0 Å². The van der Waals surface area contributed by atoms with Gasteiger partial charge in [0.15, 0.2) is 5.78 Å². The number of hydrogen-bond donors (Lipinski definition) is 1. The number of rotatable bonds is 7. The monoisotopic (exact) mass is 404 g/mol. The van der Waals surface area contributed by atoms with Crippen LogP contribution >= 0.6 is 0 Å². The van der Waals surface area contributed by atoms with Gasteiger partial charge in [0.25, 0.3) is 0 Å². The number of para-hydroxylation sites is 1. The van der Waals surface area contributed by atoms with Gasteiger partial charge in [-0.15, -0.1) is 0 Å². The Bertz CT molecular complexity index is 1000. The molecular weight excluding hydrogens is 372 g/mol. The van der Waals surface area contributed by atoms with Crippen LogP contribution in [0.3, 0.4) is 0 Å². The van der Waals surface area contributed by atoms with Crippen LogP contribution in [0.15, 0.2) is 60.8 Å². The molecule has 0 spiro atoms. The van der Waals surface area contributed by atoms with Gasteiger partial charge in [-0.3, -0.25) is 4.79 Å². The first-order chi connectivity index (χ1) is 14.4. The number of Topliss-reactive ketones (excluding diaryl/α,β-unsaturated/α-hetero) is 1. The van der Waals surface area contributed by atoms with Crippen LogP contribution in [0.1, 0.15) is 42.6 Å². The fourth-order valence-electron chi connectivity index (χ4n) is 4.82. The summed E-state index contributed by atoms with van der Waals surface area (Å²) in [5.41, 5.74) is 2.56. The first kappa shape index (κ1) is 20.8. The molecule has 2 aromatic carbocycles. The van der Waals surface area contributed by atoms with Crippen LogP contribution in [-0.4, -0.2) is 45.6 Å². The SMILES string of the molecule is CC(=O)c1cn(CC(C)CN2CCC(O)(Cc3ccccc3)CC2)c2ccccc12. The van der Waals surface area contributed by atoms with E-state index >= 15 is 0 Å². The molecule has 30 heavy (non-hydrogen) atoms. The van der Waals surface area contributed by atoms with Crippen molar-refractivity contribution in [3.8, 4) is 0 Å². The number of ketones is 1. The van der Waals surface area contributed by atoms with Gasteiger partial charge >= 0.3 is 0 Å². The minimum atomic E-state index is -0.589. The van der Waals surface area contributed by atoms with Crippen molar-refractivity contribution in [3.63, 3.8) is 0 Å². The molecule has 1 aliphatic heterocycles. The van der Waals surface area contributed by atoms with E-state index < -0.39 is 5.60 Å². The molecule has 1 unspecified atom stereocenters. The largest absolute Gasteiger partial charge is 0.389 e. The van der Waals surface area contributed by atoms with Crippen LogP contribution in [0.2, 0.25) is 0 Å². The number of aromatic nitrogens is 1. The van der Waals surface area contributed by atoms with E-state index in [2.05, 4.69) is 34.6 Å². The summed E-state index contributed by atoms with van der Waals surface area (Å²) in [4.78, 5) is 14.5. The predicted octanol–water partition coefficient (Wildman–Crippen LogP) is 4.55. The average molecular weight is 405 g/mol. The third-order valence-electron chi connectivity index (χ3n) is 6.41. The second-order valence-corrected chi connectivity index (χ2v) is 9.06. The van der Waals surface area contributed by atoms with Crippen LogP contribution in [0.25, 0.3) is 10.9 Å². The predicted molar refractivity (Wildman–Crippen MR) is 122 cm³/mol. The molecule has 1 atom stereocenters. The van der Waals surface area contributed by atoms with Crippen molar-refractivity contribution in [1.82, 2.24) is 9.47 Å². The Labute approximate surface area is 179 Å². The number of fused-ring (bicyclic) bond motifs is 1. The third kappa shape index (κ3) is 4.66. The number of benzene rings is 2. The number of nitrogens with zero attached hydrogens (tertiary/aromatic N) is 2. The maximum absolute atomic E-state index is 12.0. The molecule has 158 valence electrons. The first-order valence-corrected chi connectivity index (χ1v) is 11.0. The van der Waals surface area contributed by atoms with E-state index in [9.17, 15) is 9.90 Å². The fourth-order valence-corrected chi connectivity index (χ4v) is 4.82. The average Bonchev–Trinajstić information content (AvgIpc) is 3.09. The Morgan fingerprint density at radius 1 is 1.03 bits per heavy atom. The quantitative estimate of drug-likeness (QED) is 0.588. The number of piperidine rings is 1. The number of carbonyl (C=O) groups is 1. The summed E-state index contributed by atoms with van der Waals surface area (Å²) < 4.78 is 2.23. The van der Waals surface area contributed by atoms with E-state index in [4.69, 9.17) is 0 Å². The summed E-state index contributed by atoms with van der Waals surface area (Å²) in [6, 6.07) is 18.5. The Hall–Kier alpha value is -2.43. The zero-order chi connectivity index (χ0) is 21.1. The molecule has 0 radical (unpaired) electrons. The molecule has 1 aliphatic rings. The zero-order valence-corrected chi connectivity index (χ0v) is 18.1. The third-order valence-corrected chi connectivity index (χ3v) is 6.41. The highest BCUT2D eigenvalue weighted by molar-refractivity contribution is 6.06. The molecule has 3 aromatic rings. The van der Waals surface area contributed by atoms with E-state index in [0.717, 1.165) is 61.9 Å². The van der Waals surface area contributed by atoms with E-state index in [1.165, 1.54) is 5.56 Å². The summed E-state index contributed by atoms with van der Waals surface area (Å²) in [7, 11) is 0. The van der Waals surface area contributed by atoms with Gasteiger partial charge in [-0.25, -0.2) is 0 Å². The molecule has 1 N–H and O–H groups in total. The summed E-state index contributed by atoms with van der Waals surface area (Å²) in [6.45, 7) is 7.66. The van der Waals surface area contributed by atoms with Crippen molar-refractivity contribution >= 4 is 16.7 Å². The van der Waals surface area contributed by atoms with E-state index in [0.29, 0.717) is 5.92 Å². The zero-order valence-electron chi connectivity index (χ0n) is 18.1. The van der Waals surface area contributed by atoms with Gasteiger partial charge in [-0.2, -0.15) is 0 Å². The van der Waals surface area contributed by atoms with E-state index in [1.807, 2.05) is 42.6 Å². The van der Waals surface area contributed by atoms with Crippen LogP contribution in [0, 0.1) is 5.92 Å². The lowest BCUT2D eigenvalue weighted by Crippen LogP contribution is -2.47. The topological polar surface area (TPSA) is 45.5 Å². The number of aliphatic hydroxyl groups is 1. The van der Waals surface area contributed by atoms with Gasteiger partial charge in [-0.05, 0) is 37.3 Å². The maximum atomic E-state index is 12.0. The molecule has 1 fully saturated rings. The maximum Gasteiger partial charge on any atom is 0.161 e. The van der Waals surface area contributed by atoms with Crippen molar-refractivity contribution in [3.05, 3.63) is 71.9 Å². The van der Waals surface area contributed by atoms with Crippen LogP contribution in [-0.2, 0) is 13.0 Å². The summed E-state index contributed by atoms with van der Waals surface area (Å²) in [5, 5.41) is 12.1.